The first-order chi connectivity index (χ1) is 8.58. The maximum absolute atomic E-state index is 13.2. The molecular formula is C13H15BrFN3. The van der Waals surface area contributed by atoms with Crippen LogP contribution in [0.3, 0.4) is 0 Å². The highest BCUT2D eigenvalue weighted by Crippen LogP contribution is 2.21. The second-order valence-electron chi connectivity index (χ2n) is 4.49. The predicted octanol–water partition coefficient (Wildman–Crippen LogP) is 3.84. The van der Waals surface area contributed by atoms with Crippen LogP contribution in [0.1, 0.15) is 13.8 Å². The Bertz CT molecular complexity index is 537. The van der Waals surface area contributed by atoms with Crippen molar-refractivity contribution in [1.82, 2.24) is 9.55 Å². The standard InChI is InChI=1S/C13H15BrFN3/c1-9(2)8-17-13-16-5-6-18(13)10-3-4-12(15)11(14)7-10/h3-7,9H,8H2,1-2H3,(H,16,17). The molecule has 0 spiro atoms. The molecule has 3 nitrogen and oxygen atoms in total. The molecule has 96 valence electrons. The summed E-state index contributed by atoms with van der Waals surface area (Å²) in [5, 5.41) is 3.27. The monoisotopic (exact) mass is 311 g/mol. The average Bonchev–Trinajstić information content (AvgIpc) is 2.78. The van der Waals surface area contributed by atoms with Crippen LogP contribution in [-0.4, -0.2) is 16.1 Å². The third-order valence-electron chi connectivity index (χ3n) is 2.49. The van der Waals surface area contributed by atoms with E-state index >= 15 is 0 Å². The number of imidazole rings is 1. The molecule has 1 heterocycles. The van der Waals surface area contributed by atoms with Gasteiger partial charge in [0.2, 0.25) is 5.95 Å². The number of nitrogens with zero attached hydrogens (tertiary/aromatic N) is 2. The zero-order chi connectivity index (χ0) is 13.1. The van der Waals surface area contributed by atoms with Gasteiger partial charge in [-0.05, 0) is 40.0 Å². The number of rotatable bonds is 4. The summed E-state index contributed by atoms with van der Waals surface area (Å²) in [7, 11) is 0. The van der Waals surface area contributed by atoms with E-state index in [1.54, 1.807) is 18.3 Å². The van der Waals surface area contributed by atoms with Crippen LogP contribution in [0.4, 0.5) is 10.3 Å². The number of hydrogen-bond donors (Lipinski definition) is 1. The SMILES string of the molecule is CC(C)CNc1nccn1-c1ccc(F)c(Br)c1. The highest BCUT2D eigenvalue weighted by atomic mass is 79.9. The van der Waals surface area contributed by atoms with Crippen LogP contribution in [-0.2, 0) is 0 Å². The van der Waals surface area contributed by atoms with E-state index in [4.69, 9.17) is 0 Å². The molecule has 0 aliphatic rings. The molecule has 1 aromatic carbocycles. The van der Waals surface area contributed by atoms with Crippen molar-refractivity contribution in [3.8, 4) is 5.69 Å². The van der Waals surface area contributed by atoms with E-state index < -0.39 is 0 Å². The molecule has 18 heavy (non-hydrogen) atoms. The second kappa shape index (κ2) is 5.52. The van der Waals surface area contributed by atoms with E-state index in [-0.39, 0.29) is 5.82 Å². The fourth-order valence-electron chi connectivity index (χ4n) is 1.57. The van der Waals surface area contributed by atoms with Crippen LogP contribution in [0.25, 0.3) is 5.69 Å². The topological polar surface area (TPSA) is 29.9 Å². The first kappa shape index (κ1) is 13.1. The van der Waals surface area contributed by atoms with Crippen molar-refractivity contribution in [1.29, 1.82) is 0 Å². The van der Waals surface area contributed by atoms with Gasteiger partial charge in [-0.1, -0.05) is 13.8 Å². The molecule has 0 radical (unpaired) electrons. The second-order valence-corrected chi connectivity index (χ2v) is 5.35. The number of benzene rings is 1. The lowest BCUT2D eigenvalue weighted by Gasteiger charge is -2.11. The van der Waals surface area contributed by atoms with Gasteiger partial charge in [-0.25, -0.2) is 9.37 Å². The van der Waals surface area contributed by atoms with Crippen molar-refractivity contribution in [3.05, 3.63) is 40.9 Å². The van der Waals surface area contributed by atoms with Gasteiger partial charge in [0.05, 0.1) is 4.47 Å². The van der Waals surface area contributed by atoms with Crippen molar-refractivity contribution in [2.75, 3.05) is 11.9 Å². The average molecular weight is 312 g/mol. The Morgan fingerprint density at radius 1 is 1.44 bits per heavy atom. The summed E-state index contributed by atoms with van der Waals surface area (Å²) >= 11 is 3.19. The lowest BCUT2D eigenvalue weighted by Crippen LogP contribution is -2.12. The number of halogens is 2. The van der Waals surface area contributed by atoms with Gasteiger partial charge in [0, 0.05) is 24.6 Å². The van der Waals surface area contributed by atoms with Crippen LogP contribution in [0, 0.1) is 11.7 Å². The molecule has 0 aliphatic carbocycles. The van der Waals surface area contributed by atoms with Crippen molar-refractivity contribution in [3.63, 3.8) is 0 Å². The normalized spacial score (nSPS) is 10.9. The van der Waals surface area contributed by atoms with E-state index in [2.05, 4.69) is 40.1 Å². The van der Waals surface area contributed by atoms with Crippen molar-refractivity contribution in [2.45, 2.75) is 13.8 Å². The fourth-order valence-corrected chi connectivity index (χ4v) is 1.94. The van der Waals surface area contributed by atoms with Gasteiger partial charge in [0.25, 0.3) is 0 Å². The van der Waals surface area contributed by atoms with Gasteiger partial charge < -0.3 is 5.32 Å². The Morgan fingerprint density at radius 2 is 2.22 bits per heavy atom. The third-order valence-corrected chi connectivity index (χ3v) is 3.10. The van der Waals surface area contributed by atoms with Gasteiger partial charge in [0.15, 0.2) is 0 Å². The van der Waals surface area contributed by atoms with E-state index in [0.717, 1.165) is 18.2 Å². The first-order valence-electron chi connectivity index (χ1n) is 5.80. The van der Waals surface area contributed by atoms with Crippen molar-refractivity contribution in [2.24, 2.45) is 5.92 Å². The molecular weight excluding hydrogens is 297 g/mol. The first-order valence-corrected chi connectivity index (χ1v) is 6.60. The summed E-state index contributed by atoms with van der Waals surface area (Å²) in [6.45, 7) is 5.11. The Kier molecular flexibility index (Phi) is 4.01. The lowest BCUT2D eigenvalue weighted by atomic mass is 10.2. The van der Waals surface area contributed by atoms with Gasteiger partial charge in [-0.15, -0.1) is 0 Å². The van der Waals surface area contributed by atoms with Crippen LogP contribution < -0.4 is 5.32 Å². The summed E-state index contributed by atoms with van der Waals surface area (Å²) < 4.78 is 15.6. The summed E-state index contributed by atoms with van der Waals surface area (Å²) in [6.07, 6.45) is 3.57. The summed E-state index contributed by atoms with van der Waals surface area (Å²) in [5.41, 5.74) is 0.868. The molecule has 0 atom stereocenters. The summed E-state index contributed by atoms with van der Waals surface area (Å²) in [6, 6.07) is 4.89. The molecule has 0 unspecified atom stereocenters. The highest BCUT2D eigenvalue weighted by molar-refractivity contribution is 9.10. The van der Waals surface area contributed by atoms with Crippen LogP contribution in [0.2, 0.25) is 0 Å². The lowest BCUT2D eigenvalue weighted by molar-refractivity contribution is 0.620. The van der Waals surface area contributed by atoms with Crippen molar-refractivity contribution >= 4 is 21.9 Å². The fraction of sp³-hybridized carbons (Fsp3) is 0.308. The minimum Gasteiger partial charge on any atom is -0.355 e. The van der Waals surface area contributed by atoms with E-state index in [9.17, 15) is 4.39 Å². The summed E-state index contributed by atoms with van der Waals surface area (Å²) in [4.78, 5) is 4.26. The smallest absolute Gasteiger partial charge is 0.207 e. The van der Waals surface area contributed by atoms with Crippen LogP contribution in [0.15, 0.2) is 35.1 Å². The molecule has 0 saturated carbocycles. The summed E-state index contributed by atoms with van der Waals surface area (Å²) in [5.74, 6) is 1.04. The number of aromatic nitrogens is 2. The zero-order valence-corrected chi connectivity index (χ0v) is 11.9. The minimum atomic E-state index is -0.268. The molecule has 2 rings (SSSR count). The van der Waals surface area contributed by atoms with Crippen LogP contribution in [0.5, 0.6) is 0 Å². The molecule has 0 bridgehead atoms. The number of hydrogen-bond acceptors (Lipinski definition) is 2. The molecule has 5 heteroatoms. The largest absolute Gasteiger partial charge is 0.355 e. The molecule has 0 fully saturated rings. The predicted molar refractivity (Wildman–Crippen MR) is 74.5 cm³/mol. The van der Waals surface area contributed by atoms with E-state index in [1.807, 2.05) is 10.8 Å². The Hall–Kier alpha value is -1.36. The number of nitrogens with one attached hydrogen (secondary N) is 1. The maximum atomic E-state index is 13.2. The van der Waals surface area contributed by atoms with Crippen molar-refractivity contribution < 1.29 is 4.39 Å². The van der Waals surface area contributed by atoms with Gasteiger partial charge in [-0.3, -0.25) is 4.57 Å². The van der Waals surface area contributed by atoms with Gasteiger partial charge in [-0.2, -0.15) is 0 Å². The number of anilines is 1. The minimum absolute atomic E-state index is 0.268. The maximum Gasteiger partial charge on any atom is 0.207 e. The highest BCUT2D eigenvalue weighted by Gasteiger charge is 2.07. The molecule has 1 N–H and O–H groups in total. The quantitative estimate of drug-likeness (QED) is 0.929. The van der Waals surface area contributed by atoms with Crippen LogP contribution >= 0.6 is 15.9 Å². The molecule has 0 saturated heterocycles. The zero-order valence-electron chi connectivity index (χ0n) is 10.3. The molecule has 0 amide bonds. The van der Waals surface area contributed by atoms with E-state index in [1.165, 1.54) is 6.07 Å². The van der Waals surface area contributed by atoms with Gasteiger partial charge in [0.1, 0.15) is 5.82 Å². The molecule has 1 aromatic heterocycles. The molecule has 0 aliphatic heterocycles. The Balaban J connectivity index is 2.27. The molecule has 2 aromatic rings. The van der Waals surface area contributed by atoms with Gasteiger partial charge >= 0.3 is 0 Å². The third kappa shape index (κ3) is 2.90. The Labute approximate surface area is 114 Å². The van der Waals surface area contributed by atoms with E-state index in [0.29, 0.717) is 10.4 Å². The Morgan fingerprint density at radius 3 is 2.89 bits per heavy atom.